The lowest BCUT2D eigenvalue weighted by Gasteiger charge is -2.22. The molecule has 0 saturated carbocycles. The summed E-state index contributed by atoms with van der Waals surface area (Å²) in [6.07, 6.45) is 5.04. The smallest absolute Gasteiger partial charge is 0.221 e. The molecule has 1 saturated heterocycles. The first-order chi connectivity index (χ1) is 10.1. The van der Waals surface area contributed by atoms with E-state index in [4.69, 9.17) is 0 Å². The van der Waals surface area contributed by atoms with E-state index in [2.05, 4.69) is 10.2 Å². The third kappa shape index (κ3) is 4.67. The molecule has 4 nitrogen and oxygen atoms in total. The highest BCUT2D eigenvalue weighted by molar-refractivity contribution is 5.96. The van der Waals surface area contributed by atoms with Gasteiger partial charge in [-0.2, -0.15) is 0 Å². The van der Waals surface area contributed by atoms with Crippen LogP contribution in [0.2, 0.25) is 0 Å². The summed E-state index contributed by atoms with van der Waals surface area (Å²) >= 11 is 0. The van der Waals surface area contributed by atoms with Gasteiger partial charge in [0, 0.05) is 24.7 Å². The number of nitrogens with zero attached hydrogens (tertiary/aromatic N) is 1. The van der Waals surface area contributed by atoms with Gasteiger partial charge in [-0.15, -0.1) is 0 Å². The Morgan fingerprint density at radius 2 is 1.76 bits per heavy atom. The van der Waals surface area contributed by atoms with E-state index in [1.54, 1.807) is 13.0 Å². The first-order valence-corrected chi connectivity index (χ1v) is 7.70. The van der Waals surface area contributed by atoms with Gasteiger partial charge in [0.2, 0.25) is 5.91 Å². The van der Waals surface area contributed by atoms with Crippen LogP contribution in [0.25, 0.3) is 0 Å². The van der Waals surface area contributed by atoms with Gasteiger partial charge >= 0.3 is 0 Å². The lowest BCUT2D eigenvalue weighted by Crippen LogP contribution is -2.25. The molecule has 4 heteroatoms. The number of benzene rings is 1. The number of hydrogen-bond acceptors (Lipinski definition) is 3. The summed E-state index contributed by atoms with van der Waals surface area (Å²) in [5, 5.41) is 2.87. The van der Waals surface area contributed by atoms with Crippen LogP contribution in [0.1, 0.15) is 55.5 Å². The summed E-state index contributed by atoms with van der Waals surface area (Å²) < 4.78 is 0. The molecule has 2 rings (SSSR count). The lowest BCUT2D eigenvalue weighted by atomic mass is 10.0. The molecule has 0 aliphatic carbocycles. The van der Waals surface area contributed by atoms with Crippen LogP contribution >= 0.6 is 0 Å². The van der Waals surface area contributed by atoms with Gasteiger partial charge in [-0.1, -0.05) is 12.8 Å². The number of carbonyl (C=O) groups excluding carboxylic acids is 2. The summed E-state index contributed by atoms with van der Waals surface area (Å²) in [5.41, 5.74) is 2.55. The number of ketones is 1. The molecule has 0 spiro atoms. The number of rotatable bonds is 4. The second-order valence-corrected chi connectivity index (χ2v) is 5.80. The number of anilines is 1. The molecule has 1 aromatic carbocycles. The van der Waals surface area contributed by atoms with Gasteiger partial charge in [-0.25, -0.2) is 0 Å². The van der Waals surface area contributed by atoms with Gasteiger partial charge in [0.25, 0.3) is 0 Å². The topological polar surface area (TPSA) is 49.4 Å². The molecule has 0 aromatic heterocycles. The third-order valence-corrected chi connectivity index (χ3v) is 3.92. The minimum absolute atomic E-state index is 0.0569. The predicted molar refractivity (Wildman–Crippen MR) is 84.5 cm³/mol. The summed E-state index contributed by atoms with van der Waals surface area (Å²) in [6, 6.07) is 5.53. The molecule has 1 aliphatic heterocycles. The Labute approximate surface area is 126 Å². The Morgan fingerprint density at radius 3 is 2.33 bits per heavy atom. The maximum absolute atomic E-state index is 11.6. The summed E-state index contributed by atoms with van der Waals surface area (Å²) in [4.78, 5) is 25.3. The van der Waals surface area contributed by atoms with Crippen LogP contribution in [0.4, 0.5) is 5.69 Å². The standard InChI is InChI=1S/C17H24N2O2/c1-13(20)15-7-8-17(18-14(2)21)16(11-15)12-19-9-5-3-4-6-10-19/h7-8,11H,3-6,9-10,12H2,1-2H3,(H,18,21). The minimum Gasteiger partial charge on any atom is -0.326 e. The molecular weight excluding hydrogens is 264 g/mol. The number of hydrogen-bond donors (Lipinski definition) is 1. The van der Waals surface area contributed by atoms with E-state index < -0.39 is 0 Å². The molecule has 0 bridgehead atoms. The van der Waals surface area contributed by atoms with Crippen molar-refractivity contribution >= 4 is 17.4 Å². The highest BCUT2D eigenvalue weighted by atomic mass is 16.1. The summed E-state index contributed by atoms with van der Waals surface area (Å²) in [7, 11) is 0. The van der Waals surface area contributed by atoms with Crippen LogP contribution in [0.3, 0.4) is 0 Å². The van der Waals surface area contributed by atoms with Crippen LogP contribution in [0, 0.1) is 0 Å². The molecule has 0 radical (unpaired) electrons. The summed E-state index contributed by atoms with van der Waals surface area (Å²) in [5.74, 6) is -0.0239. The molecule has 114 valence electrons. The zero-order valence-corrected chi connectivity index (χ0v) is 12.9. The zero-order chi connectivity index (χ0) is 15.2. The van der Waals surface area contributed by atoms with Crippen LogP contribution < -0.4 is 5.32 Å². The average Bonchev–Trinajstić information content (AvgIpc) is 2.68. The average molecular weight is 288 g/mol. The van der Waals surface area contributed by atoms with Crippen LogP contribution in [0.5, 0.6) is 0 Å². The molecule has 1 heterocycles. The molecule has 0 atom stereocenters. The Bertz CT molecular complexity index is 518. The third-order valence-electron chi connectivity index (χ3n) is 3.92. The highest BCUT2D eigenvalue weighted by Crippen LogP contribution is 2.22. The van der Waals surface area contributed by atoms with E-state index in [-0.39, 0.29) is 11.7 Å². The maximum atomic E-state index is 11.6. The molecule has 1 aliphatic rings. The van der Waals surface area contributed by atoms with Crippen molar-refractivity contribution < 1.29 is 9.59 Å². The normalized spacial score (nSPS) is 16.3. The van der Waals surface area contributed by atoms with Gasteiger partial charge < -0.3 is 5.32 Å². The van der Waals surface area contributed by atoms with E-state index in [1.165, 1.54) is 32.6 Å². The van der Waals surface area contributed by atoms with Gasteiger partial charge in [-0.3, -0.25) is 14.5 Å². The van der Waals surface area contributed by atoms with E-state index in [0.29, 0.717) is 5.56 Å². The Morgan fingerprint density at radius 1 is 1.10 bits per heavy atom. The van der Waals surface area contributed by atoms with Crippen molar-refractivity contribution in [3.63, 3.8) is 0 Å². The number of carbonyl (C=O) groups is 2. The quantitative estimate of drug-likeness (QED) is 0.865. The Hall–Kier alpha value is -1.68. The fourth-order valence-electron chi connectivity index (χ4n) is 2.79. The molecule has 1 aromatic rings. The van der Waals surface area contributed by atoms with Crippen LogP contribution in [-0.2, 0) is 11.3 Å². The summed E-state index contributed by atoms with van der Waals surface area (Å²) in [6.45, 7) is 6.04. The molecule has 1 fully saturated rings. The first kappa shape index (κ1) is 15.7. The number of likely N-dealkylation sites (tertiary alicyclic amines) is 1. The Balaban J connectivity index is 2.21. The van der Waals surface area contributed by atoms with Gasteiger partial charge in [0.1, 0.15) is 0 Å². The van der Waals surface area contributed by atoms with Gasteiger partial charge in [0.05, 0.1) is 0 Å². The van der Waals surface area contributed by atoms with Crippen molar-refractivity contribution in [2.24, 2.45) is 0 Å². The minimum atomic E-state index is -0.0808. The largest absolute Gasteiger partial charge is 0.326 e. The monoisotopic (exact) mass is 288 g/mol. The van der Waals surface area contributed by atoms with E-state index in [9.17, 15) is 9.59 Å². The second kappa shape index (κ2) is 7.36. The van der Waals surface area contributed by atoms with E-state index in [0.717, 1.165) is 30.9 Å². The molecular formula is C17H24N2O2. The maximum Gasteiger partial charge on any atom is 0.221 e. The lowest BCUT2D eigenvalue weighted by molar-refractivity contribution is -0.114. The molecule has 0 unspecified atom stereocenters. The predicted octanol–water partition coefficient (Wildman–Crippen LogP) is 3.22. The van der Waals surface area contributed by atoms with Crippen molar-refractivity contribution in [3.8, 4) is 0 Å². The first-order valence-electron chi connectivity index (χ1n) is 7.70. The van der Waals surface area contributed by atoms with Gasteiger partial charge in [0.15, 0.2) is 5.78 Å². The highest BCUT2D eigenvalue weighted by Gasteiger charge is 2.14. The van der Waals surface area contributed by atoms with E-state index >= 15 is 0 Å². The van der Waals surface area contributed by atoms with Crippen molar-refractivity contribution in [1.82, 2.24) is 4.90 Å². The van der Waals surface area contributed by atoms with Crippen LogP contribution in [-0.4, -0.2) is 29.7 Å². The number of amides is 1. The Kier molecular flexibility index (Phi) is 5.51. The number of Topliss-reactive ketones (excluding diaryl/α,β-unsaturated/α-hetero) is 1. The van der Waals surface area contributed by atoms with Crippen molar-refractivity contribution in [1.29, 1.82) is 0 Å². The van der Waals surface area contributed by atoms with Crippen molar-refractivity contribution in [3.05, 3.63) is 29.3 Å². The molecule has 21 heavy (non-hydrogen) atoms. The zero-order valence-electron chi connectivity index (χ0n) is 12.9. The van der Waals surface area contributed by atoms with Crippen LogP contribution in [0.15, 0.2) is 18.2 Å². The fraction of sp³-hybridized carbons (Fsp3) is 0.529. The van der Waals surface area contributed by atoms with E-state index in [1.807, 2.05) is 12.1 Å². The molecule has 1 N–H and O–H groups in total. The van der Waals surface area contributed by atoms with Crippen molar-refractivity contribution in [2.45, 2.75) is 46.1 Å². The SMILES string of the molecule is CC(=O)Nc1ccc(C(C)=O)cc1CN1CCCCCC1. The second-order valence-electron chi connectivity index (χ2n) is 5.80. The number of nitrogens with one attached hydrogen (secondary N) is 1. The molecule has 1 amide bonds. The fourth-order valence-corrected chi connectivity index (χ4v) is 2.79. The van der Waals surface area contributed by atoms with Crippen molar-refractivity contribution in [2.75, 3.05) is 18.4 Å². The van der Waals surface area contributed by atoms with Gasteiger partial charge in [-0.05, 0) is 56.6 Å².